The Balaban J connectivity index is 4.52. The summed E-state index contributed by atoms with van der Waals surface area (Å²) < 4.78 is 11.7. The SMILES string of the molecule is CCCCCCCCC(CCCCCC)COC(=O)CCCCCC(CCCCCC(=O)OCC(CCCCCC)CCCCCCCC)CCCCN(C)C. The predicted molar refractivity (Wildman–Crippen MR) is 244 cm³/mol. The zero-order valence-corrected chi connectivity index (χ0v) is 39.1. The monoisotopic (exact) mass is 792 g/mol. The fourth-order valence-corrected chi connectivity index (χ4v) is 8.39. The zero-order valence-electron chi connectivity index (χ0n) is 39.1. The number of carbonyl (C=O) groups excluding carboxylic acids is 2. The summed E-state index contributed by atoms with van der Waals surface area (Å²) >= 11 is 0. The molecular formula is C51H101NO4. The maximum absolute atomic E-state index is 12.7. The zero-order chi connectivity index (χ0) is 41.2. The molecule has 2 atom stereocenters. The number of rotatable bonds is 45. The van der Waals surface area contributed by atoms with E-state index in [-0.39, 0.29) is 11.9 Å². The van der Waals surface area contributed by atoms with Crippen molar-refractivity contribution in [1.82, 2.24) is 4.90 Å². The Kier molecular flexibility index (Phi) is 42.6. The fourth-order valence-electron chi connectivity index (χ4n) is 8.39. The van der Waals surface area contributed by atoms with E-state index < -0.39 is 0 Å². The Bertz CT molecular complexity index is 758. The molecule has 0 heterocycles. The van der Waals surface area contributed by atoms with Crippen molar-refractivity contribution in [2.75, 3.05) is 33.9 Å². The van der Waals surface area contributed by atoms with Crippen LogP contribution in [-0.4, -0.2) is 50.7 Å². The maximum atomic E-state index is 12.7. The molecule has 0 rings (SSSR count). The molecule has 56 heavy (non-hydrogen) atoms. The van der Waals surface area contributed by atoms with Gasteiger partial charge in [-0.3, -0.25) is 9.59 Å². The van der Waals surface area contributed by atoms with Gasteiger partial charge < -0.3 is 14.4 Å². The Morgan fingerprint density at radius 1 is 0.357 bits per heavy atom. The van der Waals surface area contributed by atoms with Gasteiger partial charge in [0.1, 0.15) is 0 Å². The van der Waals surface area contributed by atoms with Crippen LogP contribution in [0.2, 0.25) is 0 Å². The highest BCUT2D eigenvalue weighted by Gasteiger charge is 2.15. The summed E-state index contributed by atoms with van der Waals surface area (Å²) in [4.78, 5) is 27.7. The van der Waals surface area contributed by atoms with Gasteiger partial charge in [0.25, 0.3) is 0 Å². The minimum Gasteiger partial charge on any atom is -0.465 e. The molecule has 0 aromatic heterocycles. The lowest BCUT2D eigenvalue weighted by atomic mass is 9.90. The molecule has 0 aliphatic heterocycles. The topological polar surface area (TPSA) is 55.8 Å². The Hall–Kier alpha value is -1.10. The lowest BCUT2D eigenvalue weighted by Crippen LogP contribution is -2.15. The molecule has 0 amide bonds. The minimum atomic E-state index is 0.0190. The first kappa shape index (κ1) is 54.9. The van der Waals surface area contributed by atoms with Crippen LogP contribution in [-0.2, 0) is 19.1 Å². The second-order valence-corrected chi connectivity index (χ2v) is 18.3. The Morgan fingerprint density at radius 3 is 0.964 bits per heavy atom. The molecular weight excluding hydrogens is 691 g/mol. The molecule has 5 nitrogen and oxygen atoms in total. The number of esters is 2. The lowest BCUT2D eigenvalue weighted by molar-refractivity contribution is -0.146. The third kappa shape index (κ3) is 39.7. The van der Waals surface area contributed by atoms with Crippen molar-refractivity contribution >= 4 is 11.9 Å². The first-order valence-corrected chi connectivity index (χ1v) is 25.3. The molecule has 0 aromatic rings. The summed E-state index contributed by atoms with van der Waals surface area (Å²) in [5, 5.41) is 0. The van der Waals surface area contributed by atoms with E-state index in [0.717, 1.165) is 38.1 Å². The predicted octanol–water partition coefficient (Wildman–Crippen LogP) is 16.0. The van der Waals surface area contributed by atoms with E-state index in [9.17, 15) is 9.59 Å². The molecule has 0 spiro atoms. The van der Waals surface area contributed by atoms with Gasteiger partial charge in [-0.15, -0.1) is 0 Å². The molecule has 334 valence electrons. The molecule has 0 N–H and O–H groups in total. The fraction of sp³-hybridized carbons (Fsp3) is 0.961. The second-order valence-electron chi connectivity index (χ2n) is 18.3. The molecule has 0 saturated carbocycles. The van der Waals surface area contributed by atoms with Gasteiger partial charge in [-0.1, -0.05) is 207 Å². The van der Waals surface area contributed by atoms with Crippen LogP contribution >= 0.6 is 0 Å². The molecule has 0 aliphatic carbocycles. The minimum absolute atomic E-state index is 0.0190. The van der Waals surface area contributed by atoms with E-state index in [1.807, 2.05) is 0 Å². The van der Waals surface area contributed by atoms with Crippen molar-refractivity contribution in [2.45, 2.75) is 265 Å². The maximum Gasteiger partial charge on any atom is 0.305 e. The van der Waals surface area contributed by atoms with Crippen LogP contribution in [0, 0.1) is 17.8 Å². The van der Waals surface area contributed by atoms with E-state index in [1.165, 1.54) is 199 Å². The molecule has 2 unspecified atom stereocenters. The van der Waals surface area contributed by atoms with Gasteiger partial charge in [-0.2, -0.15) is 0 Å². The Labute approximate surface area is 351 Å². The molecule has 5 heteroatoms. The quantitative estimate of drug-likeness (QED) is 0.0454. The third-order valence-corrected chi connectivity index (χ3v) is 12.3. The summed E-state index contributed by atoms with van der Waals surface area (Å²) in [5.41, 5.74) is 0. The van der Waals surface area contributed by atoms with Gasteiger partial charge >= 0.3 is 11.9 Å². The number of unbranched alkanes of at least 4 members (excludes halogenated alkanes) is 21. The first-order chi connectivity index (χ1) is 27.4. The second kappa shape index (κ2) is 43.5. The average Bonchev–Trinajstić information content (AvgIpc) is 3.18. The highest BCUT2D eigenvalue weighted by molar-refractivity contribution is 5.69. The average molecular weight is 792 g/mol. The van der Waals surface area contributed by atoms with Gasteiger partial charge in [0.2, 0.25) is 0 Å². The van der Waals surface area contributed by atoms with Crippen LogP contribution in [0.3, 0.4) is 0 Å². The molecule has 0 saturated heterocycles. The lowest BCUT2D eigenvalue weighted by Gasteiger charge is -2.18. The molecule has 0 bridgehead atoms. The van der Waals surface area contributed by atoms with Crippen LogP contribution in [0.25, 0.3) is 0 Å². The van der Waals surface area contributed by atoms with E-state index in [4.69, 9.17) is 9.47 Å². The van der Waals surface area contributed by atoms with E-state index in [2.05, 4.69) is 46.7 Å². The smallest absolute Gasteiger partial charge is 0.305 e. The standard InChI is InChI=1S/C51H101NO4/c1-7-11-15-19-21-27-40-48(38-25-17-13-9-3)45-55-50(53)42-31-23-29-35-47(37-33-34-44-52(5)6)36-30-24-32-43-51(54)56-46-49(39-26-18-14-10-4)41-28-22-20-16-12-8-2/h47-49H,7-46H2,1-6H3. The van der Waals surface area contributed by atoms with Gasteiger partial charge in [0, 0.05) is 12.8 Å². The summed E-state index contributed by atoms with van der Waals surface area (Å²) in [6, 6.07) is 0. The van der Waals surface area contributed by atoms with Gasteiger partial charge in [-0.05, 0) is 83.3 Å². The largest absolute Gasteiger partial charge is 0.465 e. The van der Waals surface area contributed by atoms with Crippen LogP contribution in [0.1, 0.15) is 265 Å². The van der Waals surface area contributed by atoms with E-state index >= 15 is 0 Å². The van der Waals surface area contributed by atoms with Crippen molar-refractivity contribution in [3.05, 3.63) is 0 Å². The number of hydrogen-bond donors (Lipinski definition) is 0. The van der Waals surface area contributed by atoms with Crippen molar-refractivity contribution < 1.29 is 19.1 Å². The summed E-state index contributed by atoms with van der Waals surface area (Å²) in [6.45, 7) is 11.5. The van der Waals surface area contributed by atoms with Crippen LogP contribution < -0.4 is 0 Å². The number of hydrogen-bond acceptors (Lipinski definition) is 5. The normalized spacial score (nSPS) is 13.3. The van der Waals surface area contributed by atoms with E-state index in [1.54, 1.807) is 0 Å². The van der Waals surface area contributed by atoms with Crippen LogP contribution in [0.4, 0.5) is 0 Å². The number of nitrogens with zero attached hydrogens (tertiary/aromatic N) is 1. The highest BCUT2D eigenvalue weighted by Crippen LogP contribution is 2.25. The molecule has 0 fully saturated rings. The summed E-state index contributed by atoms with van der Waals surface area (Å²) in [5.74, 6) is 1.87. The van der Waals surface area contributed by atoms with Crippen molar-refractivity contribution in [1.29, 1.82) is 0 Å². The first-order valence-electron chi connectivity index (χ1n) is 25.3. The third-order valence-electron chi connectivity index (χ3n) is 12.3. The van der Waals surface area contributed by atoms with Crippen molar-refractivity contribution in [3.63, 3.8) is 0 Å². The van der Waals surface area contributed by atoms with Crippen LogP contribution in [0.5, 0.6) is 0 Å². The number of carbonyl (C=O) groups is 2. The van der Waals surface area contributed by atoms with Crippen LogP contribution in [0.15, 0.2) is 0 Å². The van der Waals surface area contributed by atoms with Gasteiger partial charge in [-0.25, -0.2) is 0 Å². The van der Waals surface area contributed by atoms with Gasteiger partial charge in [0.15, 0.2) is 0 Å². The molecule has 0 aromatic carbocycles. The van der Waals surface area contributed by atoms with E-state index in [0.29, 0.717) is 37.9 Å². The summed E-state index contributed by atoms with van der Waals surface area (Å²) in [7, 11) is 4.33. The van der Waals surface area contributed by atoms with Gasteiger partial charge in [0.05, 0.1) is 13.2 Å². The summed E-state index contributed by atoms with van der Waals surface area (Å²) in [6.07, 6.45) is 45.2. The highest BCUT2D eigenvalue weighted by atomic mass is 16.5. The number of ether oxygens (including phenoxy) is 2. The van der Waals surface area contributed by atoms with Crippen molar-refractivity contribution in [3.8, 4) is 0 Å². The molecule has 0 radical (unpaired) electrons. The molecule has 0 aliphatic rings. The Morgan fingerprint density at radius 2 is 0.625 bits per heavy atom. The van der Waals surface area contributed by atoms with Crippen molar-refractivity contribution in [2.24, 2.45) is 17.8 Å².